The maximum Gasteiger partial charge on any atom is 0.332 e. The minimum atomic E-state index is -0.778. The van der Waals surface area contributed by atoms with Crippen LogP contribution >= 0.6 is 0 Å². The van der Waals surface area contributed by atoms with E-state index in [0.717, 1.165) is 17.7 Å². The molecular formula is C15H21FN4O. The molecule has 114 valence electrons. The number of carbonyl (C=O) groups is 1. The molecule has 1 aromatic rings. The molecule has 0 radical (unpaired) electrons. The molecule has 0 saturated carbocycles. The van der Waals surface area contributed by atoms with E-state index in [1.165, 1.54) is 12.3 Å². The van der Waals surface area contributed by atoms with Crippen molar-refractivity contribution >= 4 is 17.9 Å². The smallest absolute Gasteiger partial charge is 0.332 e. The molecule has 0 bridgehead atoms. The predicted octanol–water partition coefficient (Wildman–Crippen LogP) is 2.55. The van der Waals surface area contributed by atoms with Gasteiger partial charge in [-0.2, -0.15) is 5.10 Å². The quantitative estimate of drug-likeness (QED) is 0.649. The minimum absolute atomic E-state index is 0.0119. The number of amides is 2. The molecule has 2 rings (SSSR count). The van der Waals surface area contributed by atoms with Crippen molar-refractivity contribution in [2.24, 2.45) is 10.8 Å². The zero-order valence-corrected chi connectivity index (χ0v) is 12.8. The molecule has 2 amide bonds. The first-order chi connectivity index (χ1) is 9.72. The third-order valence-electron chi connectivity index (χ3n) is 4.13. The second-order valence-electron chi connectivity index (χ2n) is 6.14. The third-order valence-corrected chi connectivity index (χ3v) is 4.13. The van der Waals surface area contributed by atoms with Gasteiger partial charge in [0.2, 0.25) is 0 Å². The maximum absolute atomic E-state index is 14.2. The number of primary amides is 1. The zero-order chi connectivity index (χ0) is 15.8. The summed E-state index contributed by atoms with van der Waals surface area (Å²) in [7, 11) is 1.98. The van der Waals surface area contributed by atoms with Crippen LogP contribution in [0.2, 0.25) is 0 Å². The summed E-state index contributed by atoms with van der Waals surface area (Å²) >= 11 is 0. The Morgan fingerprint density at radius 3 is 2.86 bits per heavy atom. The molecule has 1 unspecified atom stereocenters. The molecule has 1 aliphatic rings. The lowest BCUT2D eigenvalue weighted by atomic mass is 9.80. The number of rotatable bonds is 2. The molecule has 21 heavy (non-hydrogen) atoms. The number of urea groups is 1. The van der Waals surface area contributed by atoms with E-state index in [4.69, 9.17) is 5.73 Å². The molecule has 3 N–H and O–H groups in total. The molecule has 0 aromatic heterocycles. The van der Waals surface area contributed by atoms with Crippen LogP contribution in [0.25, 0.3) is 0 Å². The Bertz CT molecular complexity index is 598. The van der Waals surface area contributed by atoms with E-state index in [9.17, 15) is 9.18 Å². The Balaban J connectivity index is 2.41. The number of nitrogens with one attached hydrogen (secondary N) is 1. The first-order valence-corrected chi connectivity index (χ1v) is 6.88. The van der Waals surface area contributed by atoms with Gasteiger partial charge in [-0.05, 0) is 43.9 Å². The summed E-state index contributed by atoms with van der Waals surface area (Å²) in [6.45, 7) is 6.43. The first kappa shape index (κ1) is 15.3. The average Bonchev–Trinajstić information content (AvgIpc) is 2.36. The molecule has 0 fully saturated rings. The Hall–Kier alpha value is -2.11. The highest BCUT2D eigenvalue weighted by Gasteiger charge is 2.34. The van der Waals surface area contributed by atoms with Crippen molar-refractivity contribution in [2.45, 2.75) is 38.6 Å². The number of hydrogen-bond acceptors (Lipinski definition) is 3. The lowest BCUT2D eigenvalue weighted by Crippen LogP contribution is -2.45. The first-order valence-electron chi connectivity index (χ1n) is 6.88. The van der Waals surface area contributed by atoms with Crippen LogP contribution in [0.15, 0.2) is 17.2 Å². The van der Waals surface area contributed by atoms with Gasteiger partial charge >= 0.3 is 6.03 Å². The largest absolute Gasteiger partial charge is 0.369 e. The van der Waals surface area contributed by atoms with Crippen molar-refractivity contribution in [2.75, 3.05) is 11.9 Å². The highest BCUT2D eigenvalue weighted by Crippen LogP contribution is 2.43. The van der Waals surface area contributed by atoms with Crippen LogP contribution in [0, 0.1) is 5.82 Å². The summed E-state index contributed by atoms with van der Waals surface area (Å²) in [5, 5.41) is 3.62. The molecule has 0 saturated heterocycles. The molecule has 6 heteroatoms. The molecule has 5 nitrogen and oxygen atoms in total. The summed E-state index contributed by atoms with van der Waals surface area (Å²) in [6, 6.07) is 2.53. The van der Waals surface area contributed by atoms with E-state index in [2.05, 4.69) is 36.2 Å². The van der Waals surface area contributed by atoms with Gasteiger partial charge < -0.3 is 10.6 Å². The Kier molecular flexibility index (Phi) is 3.89. The molecular weight excluding hydrogens is 271 g/mol. The van der Waals surface area contributed by atoms with E-state index in [-0.39, 0.29) is 11.4 Å². The van der Waals surface area contributed by atoms with Gasteiger partial charge in [0.05, 0.1) is 6.21 Å². The summed E-state index contributed by atoms with van der Waals surface area (Å²) in [5.74, 6) is -0.0522. The van der Waals surface area contributed by atoms with Gasteiger partial charge in [0, 0.05) is 23.8 Å². The summed E-state index contributed by atoms with van der Waals surface area (Å²) in [4.78, 5) is 12.7. The van der Waals surface area contributed by atoms with Gasteiger partial charge in [0.1, 0.15) is 5.82 Å². The number of benzene rings is 1. The monoisotopic (exact) mass is 292 g/mol. The fourth-order valence-corrected chi connectivity index (χ4v) is 2.87. The van der Waals surface area contributed by atoms with Crippen molar-refractivity contribution in [3.8, 4) is 0 Å². The van der Waals surface area contributed by atoms with E-state index >= 15 is 0 Å². The summed E-state index contributed by atoms with van der Waals surface area (Å²) in [6.07, 6.45) is 2.26. The van der Waals surface area contributed by atoms with Gasteiger partial charge in [-0.15, -0.1) is 0 Å². The van der Waals surface area contributed by atoms with Crippen molar-refractivity contribution in [3.63, 3.8) is 0 Å². The van der Waals surface area contributed by atoms with Gasteiger partial charge in [-0.1, -0.05) is 6.92 Å². The van der Waals surface area contributed by atoms with Crippen LogP contribution in [-0.2, 0) is 0 Å². The molecule has 1 aliphatic heterocycles. The van der Waals surface area contributed by atoms with Crippen LogP contribution in [0.4, 0.5) is 14.9 Å². The van der Waals surface area contributed by atoms with Crippen LogP contribution in [0.1, 0.15) is 44.2 Å². The number of halogens is 1. The standard InChI is InChI=1S/C15H21FN4O/c1-9-7-15(2,3)20(4)13-6-12(16)10(5-11(9)13)8-18-19-14(17)21/h5-6,8-9H,7H2,1-4H3,(H3,17,19,21)/b18-8-. The van der Waals surface area contributed by atoms with Gasteiger partial charge in [0.25, 0.3) is 0 Å². The van der Waals surface area contributed by atoms with Crippen molar-refractivity contribution in [3.05, 3.63) is 29.1 Å². The predicted molar refractivity (Wildman–Crippen MR) is 82.2 cm³/mol. The van der Waals surface area contributed by atoms with Gasteiger partial charge in [0.15, 0.2) is 0 Å². The van der Waals surface area contributed by atoms with E-state index in [1.54, 1.807) is 6.07 Å². The average molecular weight is 292 g/mol. The zero-order valence-electron chi connectivity index (χ0n) is 12.8. The van der Waals surface area contributed by atoms with E-state index in [0.29, 0.717) is 11.5 Å². The SMILES string of the molecule is CC1CC(C)(C)N(C)c2cc(F)c(/C=N\NC(N)=O)cc21. The number of hydrazone groups is 1. The number of nitrogens with two attached hydrogens (primary N) is 1. The van der Waals surface area contributed by atoms with Gasteiger partial charge in [-0.3, -0.25) is 0 Å². The van der Waals surface area contributed by atoms with Crippen molar-refractivity contribution in [1.29, 1.82) is 0 Å². The topological polar surface area (TPSA) is 70.7 Å². The lowest BCUT2D eigenvalue weighted by Gasteiger charge is -2.45. The number of anilines is 1. The molecule has 1 atom stereocenters. The molecule has 0 spiro atoms. The molecule has 1 aromatic carbocycles. The number of fused-ring (bicyclic) bond motifs is 1. The van der Waals surface area contributed by atoms with Crippen LogP contribution in [0.3, 0.4) is 0 Å². The number of hydrogen-bond donors (Lipinski definition) is 2. The Morgan fingerprint density at radius 1 is 1.57 bits per heavy atom. The lowest BCUT2D eigenvalue weighted by molar-refractivity contribution is 0.249. The highest BCUT2D eigenvalue weighted by molar-refractivity contribution is 5.83. The van der Waals surface area contributed by atoms with E-state index in [1.807, 2.05) is 7.05 Å². The van der Waals surface area contributed by atoms with Crippen LogP contribution in [-0.4, -0.2) is 24.8 Å². The van der Waals surface area contributed by atoms with Crippen LogP contribution in [0.5, 0.6) is 0 Å². The van der Waals surface area contributed by atoms with Crippen molar-refractivity contribution in [1.82, 2.24) is 5.43 Å². The summed E-state index contributed by atoms with van der Waals surface area (Å²) < 4.78 is 14.2. The second-order valence-corrected chi connectivity index (χ2v) is 6.14. The van der Waals surface area contributed by atoms with Crippen molar-refractivity contribution < 1.29 is 9.18 Å². The van der Waals surface area contributed by atoms with Gasteiger partial charge in [-0.25, -0.2) is 14.6 Å². The Labute approximate surface area is 124 Å². The fraction of sp³-hybridized carbons (Fsp3) is 0.467. The number of carbonyl (C=O) groups excluding carboxylic acids is 1. The number of nitrogens with zero attached hydrogens (tertiary/aromatic N) is 2. The summed E-state index contributed by atoms with van der Waals surface area (Å²) in [5.41, 5.74) is 9.28. The highest BCUT2D eigenvalue weighted by atomic mass is 19.1. The van der Waals surface area contributed by atoms with Crippen LogP contribution < -0.4 is 16.1 Å². The molecule has 1 heterocycles. The fourth-order valence-electron chi connectivity index (χ4n) is 2.87. The Morgan fingerprint density at radius 2 is 2.24 bits per heavy atom. The third kappa shape index (κ3) is 2.99. The normalized spacial score (nSPS) is 20.4. The minimum Gasteiger partial charge on any atom is -0.369 e. The second kappa shape index (κ2) is 5.35. The molecule has 0 aliphatic carbocycles. The maximum atomic E-state index is 14.2. The van der Waals surface area contributed by atoms with E-state index < -0.39 is 6.03 Å².